The number of nitrogens with two attached hydrogens (primary N) is 1. The number of esters is 2. The summed E-state index contributed by atoms with van der Waals surface area (Å²) in [5.41, 5.74) is 7.05. The Morgan fingerprint density at radius 1 is 1.26 bits per heavy atom. The van der Waals surface area contributed by atoms with Crippen LogP contribution in [0, 0.1) is 6.92 Å². The third-order valence-corrected chi connectivity index (χ3v) is 2.59. The molecule has 1 aromatic rings. The lowest BCUT2D eigenvalue weighted by Crippen LogP contribution is -2.18. The molecule has 0 aliphatic rings. The number of carbonyl (C=O) groups excluding carboxylic acids is 2. The Balaban J connectivity index is 2.49. The molecule has 5 nitrogen and oxygen atoms in total. The van der Waals surface area contributed by atoms with Crippen molar-refractivity contribution in [2.45, 2.75) is 26.7 Å². The molecule has 5 heteroatoms. The third kappa shape index (κ3) is 4.62. The van der Waals surface area contributed by atoms with Gasteiger partial charge in [-0.2, -0.15) is 0 Å². The van der Waals surface area contributed by atoms with Crippen LogP contribution < -0.4 is 5.73 Å². The summed E-state index contributed by atoms with van der Waals surface area (Å²) in [6.45, 7) is 3.71. The lowest BCUT2D eigenvalue weighted by Gasteiger charge is -2.09. The summed E-state index contributed by atoms with van der Waals surface area (Å²) >= 11 is 0. The van der Waals surface area contributed by atoms with E-state index in [0.29, 0.717) is 23.4 Å². The van der Waals surface area contributed by atoms with Crippen LogP contribution in [0.2, 0.25) is 0 Å². The van der Waals surface area contributed by atoms with E-state index >= 15 is 0 Å². The number of nitrogen functional groups attached to an aromatic ring is 1. The van der Waals surface area contributed by atoms with E-state index in [1.807, 2.05) is 6.92 Å². The first kappa shape index (κ1) is 15.0. The first-order valence-electron chi connectivity index (χ1n) is 6.24. The molecule has 0 aliphatic heterocycles. The molecule has 0 bridgehead atoms. The highest BCUT2D eigenvalue weighted by molar-refractivity contribution is 5.97. The van der Waals surface area contributed by atoms with Crippen molar-refractivity contribution in [1.82, 2.24) is 0 Å². The molecule has 0 spiro atoms. The Hall–Kier alpha value is -2.04. The van der Waals surface area contributed by atoms with Crippen molar-refractivity contribution in [3.05, 3.63) is 29.3 Å². The monoisotopic (exact) mass is 265 g/mol. The Kier molecular flexibility index (Phi) is 5.85. The number of benzene rings is 1. The molecular formula is C14H19NO4. The Bertz CT molecular complexity index is 437. The van der Waals surface area contributed by atoms with E-state index in [0.717, 1.165) is 12.8 Å². The van der Waals surface area contributed by atoms with Crippen LogP contribution >= 0.6 is 0 Å². The highest BCUT2D eigenvalue weighted by Gasteiger charge is 2.15. The standard InChI is InChI=1S/C14H19NO4/c1-3-4-8-18-12(16)9-19-14(17)13-10(2)6-5-7-11(13)15/h5-7H,3-4,8-9,15H2,1-2H3. The van der Waals surface area contributed by atoms with E-state index in [2.05, 4.69) is 0 Å². The molecule has 1 rings (SSSR count). The molecule has 2 N–H and O–H groups in total. The van der Waals surface area contributed by atoms with Gasteiger partial charge in [0, 0.05) is 5.69 Å². The lowest BCUT2D eigenvalue weighted by molar-refractivity contribution is -0.147. The summed E-state index contributed by atoms with van der Waals surface area (Å²) in [4.78, 5) is 23.1. The van der Waals surface area contributed by atoms with Gasteiger partial charge in [-0.05, 0) is 25.0 Å². The van der Waals surface area contributed by atoms with Crippen LogP contribution in [0.5, 0.6) is 0 Å². The van der Waals surface area contributed by atoms with Gasteiger partial charge in [0.1, 0.15) is 0 Å². The van der Waals surface area contributed by atoms with Crippen LogP contribution in [0.3, 0.4) is 0 Å². The van der Waals surface area contributed by atoms with Crippen molar-refractivity contribution in [2.24, 2.45) is 0 Å². The molecule has 0 saturated carbocycles. The van der Waals surface area contributed by atoms with Crippen LogP contribution in [0.25, 0.3) is 0 Å². The first-order chi connectivity index (χ1) is 9.06. The fourth-order valence-corrected chi connectivity index (χ4v) is 1.54. The molecule has 0 amide bonds. The molecule has 0 aliphatic carbocycles. The van der Waals surface area contributed by atoms with Gasteiger partial charge in [-0.1, -0.05) is 25.5 Å². The predicted molar refractivity (Wildman–Crippen MR) is 71.7 cm³/mol. The Morgan fingerprint density at radius 2 is 2.00 bits per heavy atom. The molecule has 0 unspecified atom stereocenters. The molecule has 0 radical (unpaired) electrons. The second-order valence-electron chi connectivity index (χ2n) is 4.19. The van der Waals surface area contributed by atoms with E-state index in [1.54, 1.807) is 25.1 Å². The highest BCUT2D eigenvalue weighted by atomic mass is 16.6. The number of rotatable bonds is 6. The minimum Gasteiger partial charge on any atom is -0.463 e. The quantitative estimate of drug-likeness (QED) is 0.484. The van der Waals surface area contributed by atoms with Crippen molar-refractivity contribution >= 4 is 17.6 Å². The molecule has 0 aromatic heterocycles. The minimum atomic E-state index is -0.608. The summed E-state index contributed by atoms with van der Waals surface area (Å²) in [5.74, 6) is -1.16. The van der Waals surface area contributed by atoms with Gasteiger partial charge in [-0.15, -0.1) is 0 Å². The van der Waals surface area contributed by atoms with Crippen molar-refractivity contribution in [3.63, 3.8) is 0 Å². The molecule has 0 fully saturated rings. The number of anilines is 1. The fraction of sp³-hybridized carbons (Fsp3) is 0.429. The molecular weight excluding hydrogens is 246 g/mol. The van der Waals surface area contributed by atoms with Gasteiger partial charge in [0.15, 0.2) is 6.61 Å². The number of unbranched alkanes of at least 4 members (excludes halogenated alkanes) is 1. The smallest absolute Gasteiger partial charge is 0.344 e. The molecule has 0 heterocycles. The molecule has 104 valence electrons. The second kappa shape index (κ2) is 7.41. The van der Waals surface area contributed by atoms with Crippen LogP contribution in [0.15, 0.2) is 18.2 Å². The lowest BCUT2D eigenvalue weighted by atomic mass is 10.1. The van der Waals surface area contributed by atoms with E-state index in [-0.39, 0.29) is 0 Å². The number of hydrogen-bond donors (Lipinski definition) is 1. The minimum absolute atomic E-state index is 0.295. The van der Waals surface area contributed by atoms with Gasteiger partial charge in [0.05, 0.1) is 12.2 Å². The summed E-state index contributed by atoms with van der Waals surface area (Å²) in [6, 6.07) is 5.12. The van der Waals surface area contributed by atoms with Crippen molar-refractivity contribution in [1.29, 1.82) is 0 Å². The molecule has 1 aromatic carbocycles. The van der Waals surface area contributed by atoms with Crippen molar-refractivity contribution < 1.29 is 19.1 Å². The maximum atomic E-state index is 11.8. The van der Waals surface area contributed by atoms with Gasteiger partial charge in [0.2, 0.25) is 0 Å². The first-order valence-corrected chi connectivity index (χ1v) is 6.24. The number of ether oxygens (including phenoxy) is 2. The van der Waals surface area contributed by atoms with Crippen LogP contribution in [-0.4, -0.2) is 25.2 Å². The predicted octanol–water partition coefficient (Wildman–Crippen LogP) is 2.08. The summed E-state index contributed by atoms with van der Waals surface area (Å²) in [6.07, 6.45) is 1.73. The van der Waals surface area contributed by atoms with Gasteiger partial charge in [-0.3, -0.25) is 0 Å². The third-order valence-electron chi connectivity index (χ3n) is 2.59. The maximum absolute atomic E-state index is 11.8. The average Bonchev–Trinajstić information content (AvgIpc) is 2.36. The highest BCUT2D eigenvalue weighted by Crippen LogP contribution is 2.17. The Morgan fingerprint density at radius 3 is 2.63 bits per heavy atom. The zero-order chi connectivity index (χ0) is 14.3. The zero-order valence-corrected chi connectivity index (χ0v) is 11.3. The molecule has 0 saturated heterocycles. The summed E-state index contributed by atoms with van der Waals surface area (Å²) in [7, 11) is 0. The van der Waals surface area contributed by atoms with Crippen LogP contribution in [0.1, 0.15) is 35.7 Å². The number of aryl methyl sites for hydroxylation is 1. The molecule has 19 heavy (non-hydrogen) atoms. The number of carbonyl (C=O) groups is 2. The van der Waals surface area contributed by atoms with E-state index in [1.165, 1.54) is 0 Å². The maximum Gasteiger partial charge on any atom is 0.344 e. The topological polar surface area (TPSA) is 78.6 Å². The normalized spacial score (nSPS) is 10.0. The largest absolute Gasteiger partial charge is 0.463 e. The van der Waals surface area contributed by atoms with E-state index in [9.17, 15) is 9.59 Å². The number of hydrogen-bond acceptors (Lipinski definition) is 5. The van der Waals surface area contributed by atoms with Gasteiger partial charge >= 0.3 is 11.9 Å². The van der Waals surface area contributed by atoms with Gasteiger partial charge in [0.25, 0.3) is 0 Å². The average molecular weight is 265 g/mol. The SMILES string of the molecule is CCCCOC(=O)COC(=O)c1c(C)cccc1N. The van der Waals surface area contributed by atoms with Crippen molar-refractivity contribution in [3.8, 4) is 0 Å². The summed E-state index contributed by atoms with van der Waals surface area (Å²) in [5, 5.41) is 0. The van der Waals surface area contributed by atoms with E-state index < -0.39 is 18.5 Å². The Labute approximate surface area is 112 Å². The van der Waals surface area contributed by atoms with Crippen LogP contribution in [-0.2, 0) is 14.3 Å². The summed E-state index contributed by atoms with van der Waals surface area (Å²) < 4.78 is 9.77. The van der Waals surface area contributed by atoms with Gasteiger partial charge in [-0.25, -0.2) is 9.59 Å². The van der Waals surface area contributed by atoms with Crippen molar-refractivity contribution in [2.75, 3.05) is 18.9 Å². The fourth-order valence-electron chi connectivity index (χ4n) is 1.54. The van der Waals surface area contributed by atoms with E-state index in [4.69, 9.17) is 15.2 Å². The molecule has 0 atom stereocenters. The van der Waals surface area contributed by atoms with Gasteiger partial charge < -0.3 is 15.2 Å². The second-order valence-corrected chi connectivity index (χ2v) is 4.19. The zero-order valence-electron chi connectivity index (χ0n) is 11.3. The van der Waals surface area contributed by atoms with Crippen LogP contribution in [0.4, 0.5) is 5.69 Å².